The molecule has 0 radical (unpaired) electrons. The SMILES string of the molecule is C=C(CO)[C@H]1CC[C@@H](C)CC1. The molecule has 1 aliphatic rings. The standard InChI is InChI=1S/C10H18O/c1-8-3-5-10(6-4-8)9(2)7-11/h8,10-11H,2-7H2,1H3/t8-,10+. The van der Waals surface area contributed by atoms with Gasteiger partial charge in [0.2, 0.25) is 0 Å². The molecule has 1 saturated carbocycles. The summed E-state index contributed by atoms with van der Waals surface area (Å²) >= 11 is 0. The monoisotopic (exact) mass is 154 g/mol. The van der Waals surface area contributed by atoms with Gasteiger partial charge in [0.15, 0.2) is 0 Å². The minimum absolute atomic E-state index is 0.180. The first-order valence-corrected chi connectivity index (χ1v) is 4.52. The normalized spacial score (nSPS) is 31.8. The predicted octanol–water partition coefficient (Wildman–Crippen LogP) is 2.36. The molecule has 0 bridgehead atoms. The van der Waals surface area contributed by atoms with Gasteiger partial charge in [0, 0.05) is 0 Å². The lowest BCUT2D eigenvalue weighted by Crippen LogP contribution is -2.15. The van der Waals surface area contributed by atoms with E-state index in [-0.39, 0.29) is 6.61 Å². The molecule has 0 aromatic carbocycles. The van der Waals surface area contributed by atoms with Gasteiger partial charge in [-0.25, -0.2) is 0 Å². The largest absolute Gasteiger partial charge is 0.392 e. The van der Waals surface area contributed by atoms with Gasteiger partial charge in [-0.1, -0.05) is 26.3 Å². The van der Waals surface area contributed by atoms with Crippen molar-refractivity contribution in [2.75, 3.05) is 6.61 Å². The highest BCUT2D eigenvalue weighted by atomic mass is 16.3. The lowest BCUT2D eigenvalue weighted by molar-refractivity contribution is 0.271. The Bertz CT molecular complexity index is 132. The van der Waals surface area contributed by atoms with Crippen LogP contribution >= 0.6 is 0 Å². The molecule has 0 heterocycles. The van der Waals surface area contributed by atoms with E-state index < -0.39 is 0 Å². The molecule has 1 fully saturated rings. The minimum Gasteiger partial charge on any atom is -0.392 e. The maximum atomic E-state index is 8.85. The summed E-state index contributed by atoms with van der Waals surface area (Å²) in [5, 5.41) is 8.85. The van der Waals surface area contributed by atoms with Gasteiger partial charge in [-0.2, -0.15) is 0 Å². The van der Waals surface area contributed by atoms with Crippen LogP contribution in [-0.2, 0) is 0 Å². The summed E-state index contributed by atoms with van der Waals surface area (Å²) in [6.45, 7) is 6.36. The van der Waals surface area contributed by atoms with Crippen molar-refractivity contribution < 1.29 is 5.11 Å². The van der Waals surface area contributed by atoms with Gasteiger partial charge in [0.1, 0.15) is 0 Å². The van der Waals surface area contributed by atoms with E-state index in [2.05, 4.69) is 13.5 Å². The average Bonchev–Trinajstić information content (AvgIpc) is 2.05. The molecule has 0 amide bonds. The van der Waals surface area contributed by atoms with E-state index in [0.717, 1.165) is 11.5 Å². The summed E-state index contributed by atoms with van der Waals surface area (Å²) < 4.78 is 0. The van der Waals surface area contributed by atoms with E-state index in [9.17, 15) is 0 Å². The molecular formula is C10H18O. The molecule has 1 heteroatoms. The predicted molar refractivity (Wildman–Crippen MR) is 47.3 cm³/mol. The van der Waals surface area contributed by atoms with E-state index in [1.807, 2.05) is 0 Å². The summed E-state index contributed by atoms with van der Waals surface area (Å²) in [6, 6.07) is 0. The van der Waals surface area contributed by atoms with Crippen molar-refractivity contribution in [2.45, 2.75) is 32.6 Å². The molecule has 0 aliphatic heterocycles. The van der Waals surface area contributed by atoms with Crippen LogP contribution < -0.4 is 0 Å². The highest BCUT2D eigenvalue weighted by Crippen LogP contribution is 2.31. The summed E-state index contributed by atoms with van der Waals surface area (Å²) in [5.41, 5.74) is 1.04. The Morgan fingerprint density at radius 1 is 1.36 bits per heavy atom. The summed E-state index contributed by atoms with van der Waals surface area (Å²) in [6.07, 6.45) is 5.09. The Morgan fingerprint density at radius 3 is 2.36 bits per heavy atom. The van der Waals surface area contributed by atoms with E-state index in [0.29, 0.717) is 5.92 Å². The van der Waals surface area contributed by atoms with Gasteiger partial charge in [0.25, 0.3) is 0 Å². The molecular weight excluding hydrogens is 136 g/mol. The van der Waals surface area contributed by atoms with E-state index in [1.54, 1.807) is 0 Å². The average molecular weight is 154 g/mol. The molecule has 1 aliphatic carbocycles. The van der Waals surface area contributed by atoms with E-state index in [1.165, 1.54) is 25.7 Å². The molecule has 0 aromatic heterocycles. The number of hydrogen-bond acceptors (Lipinski definition) is 1. The lowest BCUT2D eigenvalue weighted by atomic mass is 9.80. The second kappa shape index (κ2) is 3.91. The molecule has 0 unspecified atom stereocenters. The highest BCUT2D eigenvalue weighted by molar-refractivity contribution is 5.01. The first-order valence-electron chi connectivity index (χ1n) is 4.52. The Hall–Kier alpha value is -0.300. The quantitative estimate of drug-likeness (QED) is 0.605. The molecule has 11 heavy (non-hydrogen) atoms. The Morgan fingerprint density at radius 2 is 1.91 bits per heavy atom. The van der Waals surface area contributed by atoms with Crippen molar-refractivity contribution in [3.63, 3.8) is 0 Å². The van der Waals surface area contributed by atoms with Gasteiger partial charge < -0.3 is 5.11 Å². The molecule has 1 nitrogen and oxygen atoms in total. The highest BCUT2D eigenvalue weighted by Gasteiger charge is 2.19. The van der Waals surface area contributed by atoms with Gasteiger partial charge in [0.05, 0.1) is 6.61 Å². The van der Waals surface area contributed by atoms with Gasteiger partial charge in [-0.15, -0.1) is 0 Å². The van der Waals surface area contributed by atoms with Crippen LogP contribution in [-0.4, -0.2) is 11.7 Å². The molecule has 1 N–H and O–H groups in total. The first kappa shape index (κ1) is 8.79. The third-order valence-corrected chi connectivity index (χ3v) is 2.80. The van der Waals surface area contributed by atoms with Crippen LogP contribution in [0, 0.1) is 11.8 Å². The fraction of sp³-hybridized carbons (Fsp3) is 0.800. The topological polar surface area (TPSA) is 20.2 Å². The van der Waals surface area contributed by atoms with Crippen molar-refractivity contribution in [1.29, 1.82) is 0 Å². The van der Waals surface area contributed by atoms with E-state index in [4.69, 9.17) is 5.11 Å². The minimum atomic E-state index is 0.180. The molecule has 0 aromatic rings. The van der Waals surface area contributed by atoms with Gasteiger partial charge in [-0.3, -0.25) is 0 Å². The molecule has 1 rings (SSSR count). The van der Waals surface area contributed by atoms with Crippen LogP contribution in [0.1, 0.15) is 32.6 Å². The smallest absolute Gasteiger partial charge is 0.0641 e. The van der Waals surface area contributed by atoms with Crippen LogP contribution in [0.2, 0.25) is 0 Å². The zero-order valence-electron chi connectivity index (χ0n) is 7.34. The van der Waals surface area contributed by atoms with Crippen LogP contribution in [0.4, 0.5) is 0 Å². The fourth-order valence-corrected chi connectivity index (χ4v) is 1.80. The number of rotatable bonds is 2. The Balaban J connectivity index is 2.33. The van der Waals surface area contributed by atoms with Crippen molar-refractivity contribution >= 4 is 0 Å². The van der Waals surface area contributed by atoms with Crippen LogP contribution in [0.15, 0.2) is 12.2 Å². The second-order valence-electron chi connectivity index (χ2n) is 3.77. The van der Waals surface area contributed by atoms with Crippen molar-refractivity contribution in [1.82, 2.24) is 0 Å². The maximum absolute atomic E-state index is 8.85. The number of hydrogen-bond donors (Lipinski definition) is 1. The van der Waals surface area contributed by atoms with Crippen molar-refractivity contribution in [2.24, 2.45) is 11.8 Å². The third-order valence-electron chi connectivity index (χ3n) is 2.80. The van der Waals surface area contributed by atoms with Crippen LogP contribution in [0.5, 0.6) is 0 Å². The summed E-state index contributed by atoms with van der Waals surface area (Å²) in [7, 11) is 0. The molecule has 0 saturated heterocycles. The second-order valence-corrected chi connectivity index (χ2v) is 3.77. The zero-order chi connectivity index (χ0) is 8.27. The number of aliphatic hydroxyl groups excluding tert-OH is 1. The van der Waals surface area contributed by atoms with E-state index >= 15 is 0 Å². The molecule has 0 atom stereocenters. The molecule has 64 valence electrons. The Kier molecular flexibility index (Phi) is 3.13. The molecule has 0 spiro atoms. The summed E-state index contributed by atoms with van der Waals surface area (Å²) in [4.78, 5) is 0. The third kappa shape index (κ3) is 2.33. The van der Waals surface area contributed by atoms with Gasteiger partial charge in [-0.05, 0) is 30.3 Å². The first-order chi connectivity index (χ1) is 5.24. The fourth-order valence-electron chi connectivity index (χ4n) is 1.80. The zero-order valence-corrected chi connectivity index (χ0v) is 7.34. The Labute approximate surface area is 69.1 Å². The van der Waals surface area contributed by atoms with Gasteiger partial charge >= 0.3 is 0 Å². The van der Waals surface area contributed by atoms with Crippen molar-refractivity contribution in [3.8, 4) is 0 Å². The maximum Gasteiger partial charge on any atom is 0.0641 e. The van der Waals surface area contributed by atoms with Crippen molar-refractivity contribution in [3.05, 3.63) is 12.2 Å². The van der Waals surface area contributed by atoms with Crippen LogP contribution in [0.3, 0.4) is 0 Å². The number of aliphatic hydroxyl groups is 1. The lowest BCUT2D eigenvalue weighted by Gasteiger charge is -2.26. The summed E-state index contributed by atoms with van der Waals surface area (Å²) in [5.74, 6) is 1.49. The van der Waals surface area contributed by atoms with Crippen LogP contribution in [0.25, 0.3) is 0 Å².